The van der Waals surface area contributed by atoms with Gasteiger partial charge in [0.25, 0.3) is 0 Å². The molecule has 0 aliphatic carbocycles. The second-order valence-electron chi connectivity index (χ2n) is 6.19. The van der Waals surface area contributed by atoms with Gasteiger partial charge in [0.15, 0.2) is 15.8 Å². The van der Waals surface area contributed by atoms with Gasteiger partial charge < -0.3 is 10.6 Å². The standard InChI is InChI=1S/C17H23N5O2S/c1-18-17(21-16-6-9-25(23,24)13-16)19-11-14-4-2-5-15(10-14)12-22-8-3-7-20-22/h2-5,7-8,10,16H,6,9,11-13H2,1H3,(H2,18,19,21). The van der Waals surface area contributed by atoms with Crippen molar-refractivity contribution < 1.29 is 8.42 Å². The van der Waals surface area contributed by atoms with Crippen molar-refractivity contribution >= 4 is 15.8 Å². The van der Waals surface area contributed by atoms with Crippen molar-refractivity contribution in [2.45, 2.75) is 25.6 Å². The van der Waals surface area contributed by atoms with Crippen molar-refractivity contribution in [3.8, 4) is 0 Å². The van der Waals surface area contributed by atoms with E-state index in [-0.39, 0.29) is 17.5 Å². The first-order valence-corrected chi connectivity index (χ1v) is 10.1. The molecule has 0 spiro atoms. The van der Waals surface area contributed by atoms with E-state index in [2.05, 4.69) is 32.9 Å². The van der Waals surface area contributed by atoms with Gasteiger partial charge in [0.2, 0.25) is 0 Å². The van der Waals surface area contributed by atoms with Crippen LogP contribution in [0.1, 0.15) is 17.5 Å². The maximum absolute atomic E-state index is 11.6. The molecule has 1 unspecified atom stereocenters. The van der Waals surface area contributed by atoms with E-state index in [1.54, 1.807) is 13.2 Å². The van der Waals surface area contributed by atoms with Crippen molar-refractivity contribution in [2.24, 2.45) is 4.99 Å². The maximum Gasteiger partial charge on any atom is 0.191 e. The van der Waals surface area contributed by atoms with Gasteiger partial charge in [0.1, 0.15) is 0 Å². The Labute approximate surface area is 148 Å². The molecule has 1 fully saturated rings. The molecule has 1 saturated heterocycles. The fourth-order valence-corrected chi connectivity index (χ4v) is 4.57. The minimum Gasteiger partial charge on any atom is -0.353 e. The number of hydrogen-bond donors (Lipinski definition) is 2. The third kappa shape index (κ3) is 5.06. The predicted octanol–water partition coefficient (Wildman–Crippen LogP) is 0.784. The van der Waals surface area contributed by atoms with E-state index in [9.17, 15) is 8.42 Å². The number of aromatic nitrogens is 2. The first-order valence-electron chi connectivity index (χ1n) is 8.27. The average Bonchev–Trinajstić information content (AvgIpc) is 3.21. The summed E-state index contributed by atoms with van der Waals surface area (Å²) < 4.78 is 25.0. The molecule has 1 aliphatic heterocycles. The zero-order valence-electron chi connectivity index (χ0n) is 14.2. The molecule has 1 aliphatic rings. The third-order valence-electron chi connectivity index (χ3n) is 4.15. The van der Waals surface area contributed by atoms with Gasteiger partial charge in [-0.3, -0.25) is 9.67 Å². The number of hydrogen-bond acceptors (Lipinski definition) is 4. The Balaban J connectivity index is 1.55. The molecule has 25 heavy (non-hydrogen) atoms. The van der Waals surface area contributed by atoms with Crippen LogP contribution >= 0.6 is 0 Å². The lowest BCUT2D eigenvalue weighted by atomic mass is 10.1. The summed E-state index contributed by atoms with van der Waals surface area (Å²) in [7, 11) is -1.21. The molecular formula is C17H23N5O2S. The van der Waals surface area contributed by atoms with Crippen LogP contribution < -0.4 is 10.6 Å². The summed E-state index contributed by atoms with van der Waals surface area (Å²) >= 11 is 0. The summed E-state index contributed by atoms with van der Waals surface area (Å²) in [5.74, 6) is 1.05. The van der Waals surface area contributed by atoms with Gasteiger partial charge in [0, 0.05) is 32.0 Å². The Morgan fingerprint density at radius 2 is 2.20 bits per heavy atom. The molecule has 8 heteroatoms. The molecule has 134 valence electrons. The van der Waals surface area contributed by atoms with E-state index in [0.717, 1.165) is 12.1 Å². The summed E-state index contributed by atoms with van der Waals surface area (Å²) in [5.41, 5.74) is 2.31. The molecule has 0 bridgehead atoms. The van der Waals surface area contributed by atoms with Gasteiger partial charge in [-0.1, -0.05) is 24.3 Å². The van der Waals surface area contributed by atoms with E-state index in [1.807, 2.05) is 29.1 Å². The van der Waals surface area contributed by atoms with Crippen LogP contribution in [0.3, 0.4) is 0 Å². The highest BCUT2D eigenvalue weighted by molar-refractivity contribution is 7.91. The highest BCUT2D eigenvalue weighted by Crippen LogP contribution is 2.11. The van der Waals surface area contributed by atoms with Crippen molar-refractivity contribution in [3.63, 3.8) is 0 Å². The zero-order chi connectivity index (χ0) is 17.7. The summed E-state index contributed by atoms with van der Waals surface area (Å²) in [6.45, 7) is 1.35. The number of nitrogens with one attached hydrogen (secondary N) is 2. The number of rotatable bonds is 5. The minimum atomic E-state index is -2.90. The Bertz CT molecular complexity index is 830. The second-order valence-corrected chi connectivity index (χ2v) is 8.42. The Kier molecular flexibility index (Phi) is 5.37. The van der Waals surface area contributed by atoms with Crippen LogP contribution in [-0.2, 0) is 22.9 Å². The predicted molar refractivity (Wildman–Crippen MR) is 98.2 cm³/mol. The van der Waals surface area contributed by atoms with Gasteiger partial charge >= 0.3 is 0 Å². The molecule has 0 saturated carbocycles. The van der Waals surface area contributed by atoms with Crippen LogP contribution in [-0.4, -0.2) is 48.8 Å². The highest BCUT2D eigenvalue weighted by Gasteiger charge is 2.28. The van der Waals surface area contributed by atoms with E-state index in [0.29, 0.717) is 18.9 Å². The number of benzene rings is 1. The molecule has 2 N–H and O–H groups in total. The molecule has 3 rings (SSSR count). The number of guanidine groups is 1. The summed E-state index contributed by atoms with van der Waals surface area (Å²) in [6.07, 6.45) is 4.33. The summed E-state index contributed by atoms with van der Waals surface area (Å²) in [4.78, 5) is 4.18. The molecule has 1 atom stereocenters. The zero-order valence-corrected chi connectivity index (χ0v) is 15.0. The monoisotopic (exact) mass is 361 g/mol. The molecular weight excluding hydrogens is 338 g/mol. The highest BCUT2D eigenvalue weighted by atomic mass is 32.2. The van der Waals surface area contributed by atoms with Gasteiger partial charge in [-0.2, -0.15) is 5.10 Å². The summed E-state index contributed by atoms with van der Waals surface area (Å²) in [6, 6.07) is 10.1. The smallest absolute Gasteiger partial charge is 0.191 e. The van der Waals surface area contributed by atoms with Crippen LogP contribution in [0.15, 0.2) is 47.7 Å². The molecule has 7 nitrogen and oxygen atoms in total. The number of nitrogens with zero attached hydrogens (tertiary/aromatic N) is 3. The topological polar surface area (TPSA) is 88.4 Å². The largest absolute Gasteiger partial charge is 0.353 e. The van der Waals surface area contributed by atoms with Crippen molar-refractivity contribution in [3.05, 3.63) is 53.9 Å². The van der Waals surface area contributed by atoms with Gasteiger partial charge in [-0.15, -0.1) is 0 Å². The lowest BCUT2D eigenvalue weighted by Crippen LogP contribution is -2.43. The van der Waals surface area contributed by atoms with Crippen LogP contribution in [0, 0.1) is 0 Å². The lowest BCUT2D eigenvalue weighted by molar-refractivity contribution is 0.599. The summed E-state index contributed by atoms with van der Waals surface area (Å²) in [5, 5.41) is 10.7. The van der Waals surface area contributed by atoms with Gasteiger partial charge in [-0.05, 0) is 23.6 Å². The quantitative estimate of drug-likeness (QED) is 0.607. The average molecular weight is 361 g/mol. The first kappa shape index (κ1) is 17.5. The lowest BCUT2D eigenvalue weighted by Gasteiger charge is -2.16. The van der Waals surface area contributed by atoms with Crippen LogP contribution in [0.2, 0.25) is 0 Å². The molecule has 0 amide bonds. The molecule has 2 heterocycles. The van der Waals surface area contributed by atoms with Gasteiger partial charge in [0.05, 0.1) is 18.1 Å². The molecule has 1 aromatic carbocycles. The van der Waals surface area contributed by atoms with E-state index in [1.165, 1.54) is 5.56 Å². The van der Waals surface area contributed by atoms with Crippen LogP contribution in [0.25, 0.3) is 0 Å². The van der Waals surface area contributed by atoms with Gasteiger partial charge in [-0.25, -0.2) is 8.42 Å². The fraction of sp³-hybridized carbons (Fsp3) is 0.412. The maximum atomic E-state index is 11.6. The number of aliphatic imine (C=N–C) groups is 1. The Morgan fingerprint density at radius 3 is 2.88 bits per heavy atom. The van der Waals surface area contributed by atoms with Crippen molar-refractivity contribution in [1.29, 1.82) is 0 Å². The SMILES string of the molecule is CN=C(NCc1cccc(Cn2cccn2)c1)NC1CCS(=O)(=O)C1. The van der Waals surface area contributed by atoms with Crippen LogP contribution in [0.5, 0.6) is 0 Å². The fourth-order valence-electron chi connectivity index (χ4n) is 2.90. The van der Waals surface area contributed by atoms with E-state index in [4.69, 9.17) is 0 Å². The Hall–Kier alpha value is -2.35. The molecule has 0 radical (unpaired) electrons. The molecule has 2 aromatic rings. The Morgan fingerprint density at radius 1 is 1.36 bits per heavy atom. The van der Waals surface area contributed by atoms with E-state index >= 15 is 0 Å². The van der Waals surface area contributed by atoms with Crippen molar-refractivity contribution in [1.82, 2.24) is 20.4 Å². The third-order valence-corrected chi connectivity index (χ3v) is 5.92. The minimum absolute atomic E-state index is 0.0673. The number of sulfone groups is 1. The van der Waals surface area contributed by atoms with Crippen LogP contribution in [0.4, 0.5) is 0 Å². The first-order chi connectivity index (χ1) is 12.0. The van der Waals surface area contributed by atoms with E-state index < -0.39 is 9.84 Å². The molecule has 1 aromatic heterocycles. The second kappa shape index (κ2) is 7.69. The normalized spacial score (nSPS) is 19.7. The van der Waals surface area contributed by atoms with Crippen molar-refractivity contribution in [2.75, 3.05) is 18.6 Å².